The van der Waals surface area contributed by atoms with E-state index in [0.717, 1.165) is 12.3 Å². The van der Waals surface area contributed by atoms with Crippen molar-refractivity contribution in [2.75, 3.05) is 0 Å². The zero-order valence-corrected chi connectivity index (χ0v) is 9.73. The van der Waals surface area contributed by atoms with Crippen molar-refractivity contribution in [3.63, 3.8) is 0 Å². The minimum Gasteiger partial charge on any atom is -0.468 e. The first-order valence-electron chi connectivity index (χ1n) is 5.58. The second-order valence-electron chi connectivity index (χ2n) is 4.04. The van der Waals surface area contributed by atoms with Crippen LogP contribution in [0.15, 0.2) is 47.1 Å². The maximum absolute atomic E-state index is 5.35. The second kappa shape index (κ2) is 4.99. The molecule has 2 rings (SSSR count). The lowest BCUT2D eigenvalue weighted by atomic mass is 10.1. The summed E-state index contributed by atoms with van der Waals surface area (Å²) in [4.78, 5) is 0. The summed E-state index contributed by atoms with van der Waals surface area (Å²) < 4.78 is 5.35. The van der Waals surface area contributed by atoms with Gasteiger partial charge in [0, 0.05) is 6.54 Å². The van der Waals surface area contributed by atoms with Crippen LogP contribution in [-0.2, 0) is 6.54 Å². The first-order valence-corrected chi connectivity index (χ1v) is 5.58. The summed E-state index contributed by atoms with van der Waals surface area (Å²) in [5.74, 6) is 0.980. The molecule has 0 unspecified atom stereocenters. The summed E-state index contributed by atoms with van der Waals surface area (Å²) in [5, 5.41) is 3.45. The van der Waals surface area contributed by atoms with E-state index >= 15 is 0 Å². The number of rotatable bonds is 4. The van der Waals surface area contributed by atoms with Gasteiger partial charge in [0.05, 0.1) is 12.3 Å². The number of nitrogens with one attached hydrogen (secondary N) is 1. The summed E-state index contributed by atoms with van der Waals surface area (Å²) in [6, 6.07) is 12.6. The molecule has 84 valence electrons. The molecule has 0 aliphatic carbocycles. The maximum atomic E-state index is 5.35. The zero-order chi connectivity index (χ0) is 11.4. The van der Waals surface area contributed by atoms with E-state index < -0.39 is 0 Å². The van der Waals surface area contributed by atoms with Gasteiger partial charge in [0.1, 0.15) is 5.76 Å². The monoisotopic (exact) mass is 215 g/mol. The van der Waals surface area contributed by atoms with Gasteiger partial charge in [-0.25, -0.2) is 0 Å². The van der Waals surface area contributed by atoms with Crippen molar-refractivity contribution in [2.24, 2.45) is 0 Å². The molecule has 2 heteroatoms. The molecule has 1 atom stereocenters. The lowest BCUT2D eigenvalue weighted by Gasteiger charge is -2.12. The van der Waals surface area contributed by atoms with Gasteiger partial charge < -0.3 is 9.73 Å². The number of furan rings is 1. The van der Waals surface area contributed by atoms with Crippen molar-refractivity contribution in [3.05, 3.63) is 59.5 Å². The molecule has 1 heterocycles. The van der Waals surface area contributed by atoms with Crippen LogP contribution >= 0.6 is 0 Å². The highest BCUT2D eigenvalue weighted by Gasteiger charge is 2.07. The van der Waals surface area contributed by atoms with Gasteiger partial charge in [-0.1, -0.05) is 24.3 Å². The van der Waals surface area contributed by atoms with Gasteiger partial charge in [-0.05, 0) is 37.1 Å². The van der Waals surface area contributed by atoms with E-state index in [1.807, 2.05) is 12.1 Å². The average molecular weight is 215 g/mol. The third kappa shape index (κ3) is 2.52. The minimum absolute atomic E-state index is 0.245. The maximum Gasteiger partial charge on any atom is 0.120 e. The highest BCUT2D eigenvalue weighted by Crippen LogP contribution is 2.14. The van der Waals surface area contributed by atoms with Crippen LogP contribution in [0.3, 0.4) is 0 Å². The third-order valence-electron chi connectivity index (χ3n) is 2.83. The van der Waals surface area contributed by atoms with Crippen molar-refractivity contribution < 1.29 is 4.42 Å². The van der Waals surface area contributed by atoms with Crippen LogP contribution in [0, 0.1) is 6.92 Å². The van der Waals surface area contributed by atoms with Crippen LogP contribution < -0.4 is 5.32 Å². The molecule has 0 bridgehead atoms. The molecule has 16 heavy (non-hydrogen) atoms. The van der Waals surface area contributed by atoms with Gasteiger partial charge >= 0.3 is 0 Å². The van der Waals surface area contributed by atoms with Crippen molar-refractivity contribution in [2.45, 2.75) is 26.4 Å². The standard InChI is InChI=1S/C14H17NO/c1-11-6-3-4-7-13(11)10-15-12(2)14-8-5-9-16-14/h3-9,12,15H,10H2,1-2H3/t12-/m0/s1. The van der Waals surface area contributed by atoms with Crippen LogP contribution in [0.1, 0.15) is 29.9 Å². The Labute approximate surface area is 96.3 Å². The van der Waals surface area contributed by atoms with E-state index in [9.17, 15) is 0 Å². The Morgan fingerprint density at radius 3 is 2.69 bits per heavy atom. The normalized spacial score (nSPS) is 12.6. The minimum atomic E-state index is 0.245. The molecular formula is C14H17NO. The van der Waals surface area contributed by atoms with Gasteiger partial charge in [-0.15, -0.1) is 0 Å². The number of hydrogen-bond acceptors (Lipinski definition) is 2. The smallest absolute Gasteiger partial charge is 0.120 e. The SMILES string of the molecule is Cc1ccccc1CN[C@@H](C)c1ccco1. The number of aryl methyl sites for hydroxylation is 1. The topological polar surface area (TPSA) is 25.2 Å². The summed E-state index contributed by atoms with van der Waals surface area (Å²) in [7, 11) is 0. The molecule has 1 aromatic carbocycles. The van der Waals surface area contributed by atoms with E-state index in [4.69, 9.17) is 4.42 Å². The first kappa shape index (κ1) is 11.0. The molecule has 1 aromatic heterocycles. The molecule has 0 radical (unpaired) electrons. The second-order valence-corrected chi connectivity index (χ2v) is 4.04. The predicted molar refractivity (Wildman–Crippen MR) is 65.1 cm³/mol. The Bertz CT molecular complexity index is 434. The highest BCUT2D eigenvalue weighted by atomic mass is 16.3. The van der Waals surface area contributed by atoms with Crippen LogP contribution in [0.5, 0.6) is 0 Å². The van der Waals surface area contributed by atoms with E-state index in [1.165, 1.54) is 11.1 Å². The van der Waals surface area contributed by atoms with E-state index in [2.05, 4.69) is 43.4 Å². The van der Waals surface area contributed by atoms with E-state index in [-0.39, 0.29) is 6.04 Å². The molecule has 2 aromatic rings. The molecule has 0 saturated heterocycles. The van der Waals surface area contributed by atoms with Crippen LogP contribution in [0.2, 0.25) is 0 Å². The van der Waals surface area contributed by atoms with Crippen molar-refractivity contribution in [1.82, 2.24) is 5.32 Å². The van der Waals surface area contributed by atoms with Crippen LogP contribution in [0.4, 0.5) is 0 Å². The quantitative estimate of drug-likeness (QED) is 0.845. The molecule has 0 amide bonds. The third-order valence-corrected chi connectivity index (χ3v) is 2.83. The Hall–Kier alpha value is -1.54. The predicted octanol–water partition coefficient (Wildman–Crippen LogP) is 3.44. The Kier molecular flexibility index (Phi) is 3.42. The lowest BCUT2D eigenvalue weighted by molar-refractivity contribution is 0.430. The summed E-state index contributed by atoms with van der Waals surface area (Å²) >= 11 is 0. The van der Waals surface area contributed by atoms with Gasteiger partial charge in [-0.3, -0.25) is 0 Å². The van der Waals surface area contributed by atoms with Crippen molar-refractivity contribution in [1.29, 1.82) is 0 Å². The van der Waals surface area contributed by atoms with Crippen molar-refractivity contribution in [3.8, 4) is 0 Å². The number of benzene rings is 1. The largest absolute Gasteiger partial charge is 0.468 e. The van der Waals surface area contributed by atoms with Gasteiger partial charge in [0.15, 0.2) is 0 Å². The lowest BCUT2D eigenvalue weighted by Crippen LogP contribution is -2.18. The summed E-state index contributed by atoms with van der Waals surface area (Å²) in [6.45, 7) is 5.11. The fraction of sp³-hybridized carbons (Fsp3) is 0.286. The summed E-state index contributed by atoms with van der Waals surface area (Å²) in [6.07, 6.45) is 1.71. The summed E-state index contributed by atoms with van der Waals surface area (Å²) in [5.41, 5.74) is 2.66. The molecule has 0 aliphatic rings. The van der Waals surface area contributed by atoms with Gasteiger partial charge in [-0.2, -0.15) is 0 Å². The molecule has 0 fully saturated rings. The highest BCUT2D eigenvalue weighted by molar-refractivity contribution is 5.25. The zero-order valence-electron chi connectivity index (χ0n) is 9.73. The molecule has 2 nitrogen and oxygen atoms in total. The number of hydrogen-bond donors (Lipinski definition) is 1. The van der Waals surface area contributed by atoms with Gasteiger partial charge in [0.25, 0.3) is 0 Å². The van der Waals surface area contributed by atoms with Crippen LogP contribution in [-0.4, -0.2) is 0 Å². The Morgan fingerprint density at radius 2 is 2.00 bits per heavy atom. The fourth-order valence-electron chi connectivity index (χ4n) is 1.71. The van der Waals surface area contributed by atoms with E-state index in [1.54, 1.807) is 6.26 Å². The fourth-order valence-corrected chi connectivity index (χ4v) is 1.71. The Balaban J connectivity index is 1.95. The first-order chi connectivity index (χ1) is 7.77. The Morgan fingerprint density at radius 1 is 1.19 bits per heavy atom. The molecule has 1 N–H and O–H groups in total. The van der Waals surface area contributed by atoms with Crippen LogP contribution in [0.25, 0.3) is 0 Å². The molecule has 0 saturated carbocycles. The average Bonchev–Trinajstić information content (AvgIpc) is 2.81. The molecule has 0 aliphatic heterocycles. The van der Waals surface area contributed by atoms with Crippen molar-refractivity contribution >= 4 is 0 Å². The molecular weight excluding hydrogens is 198 g/mol. The van der Waals surface area contributed by atoms with Gasteiger partial charge in [0.2, 0.25) is 0 Å². The molecule has 0 spiro atoms. The van der Waals surface area contributed by atoms with E-state index in [0.29, 0.717) is 0 Å².